The summed E-state index contributed by atoms with van der Waals surface area (Å²) >= 11 is 0. The summed E-state index contributed by atoms with van der Waals surface area (Å²) in [6.07, 6.45) is 1.91. The first-order valence-corrected chi connectivity index (χ1v) is 6.68. The quantitative estimate of drug-likeness (QED) is 0.801. The Morgan fingerprint density at radius 1 is 1.44 bits per heavy atom. The summed E-state index contributed by atoms with van der Waals surface area (Å²) in [6, 6.07) is 0. The Hall–Kier alpha value is -0.810. The highest BCUT2D eigenvalue weighted by molar-refractivity contribution is 5.68. The van der Waals surface area contributed by atoms with Gasteiger partial charge in [0, 0.05) is 19.6 Å². The van der Waals surface area contributed by atoms with Crippen LogP contribution < -0.4 is 5.73 Å². The number of aliphatic hydroxyl groups is 1. The highest BCUT2D eigenvalue weighted by Crippen LogP contribution is 2.23. The second-order valence-corrected chi connectivity index (χ2v) is 6.04. The summed E-state index contributed by atoms with van der Waals surface area (Å²) in [6.45, 7) is 7.33. The van der Waals surface area contributed by atoms with Crippen LogP contribution in [0.3, 0.4) is 0 Å². The van der Waals surface area contributed by atoms with E-state index in [1.807, 2.05) is 20.8 Å². The third-order valence-corrected chi connectivity index (χ3v) is 3.14. The molecule has 0 aromatic carbocycles. The number of hydrogen-bond donors (Lipinski definition) is 2. The Bertz CT molecular complexity index is 268. The lowest BCUT2D eigenvalue weighted by Crippen LogP contribution is -2.42. The highest BCUT2D eigenvalue weighted by atomic mass is 16.6. The van der Waals surface area contributed by atoms with Crippen molar-refractivity contribution in [3.63, 3.8) is 0 Å². The van der Waals surface area contributed by atoms with Crippen molar-refractivity contribution in [3.8, 4) is 0 Å². The molecule has 0 bridgehead atoms. The Morgan fingerprint density at radius 3 is 2.44 bits per heavy atom. The number of aliphatic hydroxyl groups excluding tert-OH is 1. The zero-order chi connectivity index (χ0) is 13.8. The highest BCUT2D eigenvalue weighted by Gasteiger charge is 2.27. The average molecular weight is 258 g/mol. The van der Waals surface area contributed by atoms with Crippen LogP contribution in [0.2, 0.25) is 0 Å². The Balaban J connectivity index is 2.33. The number of ether oxygens (including phenoxy) is 1. The Labute approximate surface area is 109 Å². The van der Waals surface area contributed by atoms with Gasteiger partial charge in [-0.2, -0.15) is 0 Å². The van der Waals surface area contributed by atoms with Crippen LogP contribution in [0.5, 0.6) is 0 Å². The molecule has 0 unspecified atom stereocenters. The minimum atomic E-state index is -0.441. The van der Waals surface area contributed by atoms with Crippen molar-refractivity contribution in [1.29, 1.82) is 0 Å². The number of carbonyl (C=O) groups excluding carboxylic acids is 1. The molecule has 0 spiro atoms. The van der Waals surface area contributed by atoms with Crippen LogP contribution in [0.15, 0.2) is 0 Å². The van der Waals surface area contributed by atoms with Crippen molar-refractivity contribution in [1.82, 2.24) is 4.90 Å². The lowest BCUT2D eigenvalue weighted by atomic mass is 9.91. The van der Waals surface area contributed by atoms with Crippen LogP contribution in [-0.2, 0) is 4.74 Å². The molecule has 0 aromatic heterocycles. The molecule has 1 saturated heterocycles. The molecule has 106 valence electrons. The van der Waals surface area contributed by atoms with Gasteiger partial charge in [-0.1, -0.05) is 0 Å². The van der Waals surface area contributed by atoms with E-state index in [1.165, 1.54) is 0 Å². The summed E-state index contributed by atoms with van der Waals surface area (Å²) < 4.78 is 5.33. The SMILES string of the molecule is CC(C)(C)OC(=O)N1CCC(C[C@@H](O)CN)CC1. The van der Waals surface area contributed by atoms with Gasteiger partial charge < -0.3 is 20.5 Å². The summed E-state index contributed by atoms with van der Waals surface area (Å²) in [7, 11) is 0. The molecule has 0 radical (unpaired) electrons. The smallest absolute Gasteiger partial charge is 0.410 e. The molecule has 1 aliphatic heterocycles. The van der Waals surface area contributed by atoms with Crippen LogP contribution in [0.1, 0.15) is 40.0 Å². The second-order valence-electron chi connectivity index (χ2n) is 6.04. The van der Waals surface area contributed by atoms with Crippen LogP contribution >= 0.6 is 0 Å². The fraction of sp³-hybridized carbons (Fsp3) is 0.923. The third kappa shape index (κ3) is 5.23. The van der Waals surface area contributed by atoms with E-state index in [0.29, 0.717) is 25.6 Å². The van der Waals surface area contributed by atoms with Gasteiger partial charge in [0.1, 0.15) is 5.60 Å². The molecule has 0 aliphatic carbocycles. The monoisotopic (exact) mass is 258 g/mol. The van der Waals surface area contributed by atoms with Gasteiger partial charge in [-0.25, -0.2) is 4.79 Å². The fourth-order valence-electron chi connectivity index (χ4n) is 2.16. The lowest BCUT2D eigenvalue weighted by molar-refractivity contribution is 0.0163. The molecular formula is C13H26N2O3. The van der Waals surface area contributed by atoms with Crippen LogP contribution in [-0.4, -0.2) is 47.4 Å². The van der Waals surface area contributed by atoms with Crippen molar-refractivity contribution < 1.29 is 14.6 Å². The lowest BCUT2D eigenvalue weighted by Gasteiger charge is -2.34. The topological polar surface area (TPSA) is 75.8 Å². The standard InChI is InChI=1S/C13H26N2O3/c1-13(2,3)18-12(17)15-6-4-10(5-7-15)8-11(16)9-14/h10-11,16H,4-9,14H2,1-3H3/t11-/m1/s1. The van der Waals surface area contributed by atoms with Gasteiger partial charge in [0.15, 0.2) is 0 Å². The first kappa shape index (κ1) is 15.2. The summed E-state index contributed by atoms with van der Waals surface area (Å²) in [5.74, 6) is 0.460. The van der Waals surface area contributed by atoms with Crippen molar-refractivity contribution in [2.45, 2.75) is 51.7 Å². The minimum absolute atomic E-state index is 0.236. The molecule has 0 aromatic rings. The molecule has 3 N–H and O–H groups in total. The molecule has 18 heavy (non-hydrogen) atoms. The van der Waals surface area contributed by atoms with Crippen LogP contribution in [0.4, 0.5) is 4.79 Å². The number of rotatable bonds is 3. The maximum Gasteiger partial charge on any atom is 0.410 e. The minimum Gasteiger partial charge on any atom is -0.444 e. The predicted molar refractivity (Wildman–Crippen MR) is 70.2 cm³/mol. The summed E-state index contributed by atoms with van der Waals surface area (Å²) in [5, 5.41) is 9.51. The predicted octanol–water partition coefficient (Wildman–Crippen LogP) is 1.34. The van der Waals surface area contributed by atoms with Gasteiger partial charge >= 0.3 is 6.09 Å². The van der Waals surface area contributed by atoms with Gasteiger partial charge in [0.25, 0.3) is 0 Å². The number of nitrogens with two attached hydrogens (primary N) is 1. The fourth-order valence-corrected chi connectivity index (χ4v) is 2.16. The second kappa shape index (κ2) is 6.38. The molecule has 5 nitrogen and oxygen atoms in total. The maximum atomic E-state index is 11.8. The molecule has 1 amide bonds. The molecular weight excluding hydrogens is 232 g/mol. The van der Waals surface area contributed by atoms with Crippen LogP contribution in [0.25, 0.3) is 0 Å². The van der Waals surface area contributed by atoms with Crippen molar-refractivity contribution >= 4 is 6.09 Å². The third-order valence-electron chi connectivity index (χ3n) is 3.14. The van der Waals surface area contributed by atoms with E-state index in [-0.39, 0.29) is 6.09 Å². The van der Waals surface area contributed by atoms with E-state index < -0.39 is 11.7 Å². The van der Waals surface area contributed by atoms with E-state index >= 15 is 0 Å². The van der Waals surface area contributed by atoms with E-state index in [1.54, 1.807) is 4.90 Å². The van der Waals surface area contributed by atoms with Gasteiger partial charge in [-0.15, -0.1) is 0 Å². The zero-order valence-corrected chi connectivity index (χ0v) is 11.7. The maximum absolute atomic E-state index is 11.8. The van der Waals surface area contributed by atoms with E-state index in [4.69, 9.17) is 10.5 Å². The molecule has 1 heterocycles. The molecule has 0 saturated carbocycles. The van der Waals surface area contributed by atoms with Crippen molar-refractivity contribution in [2.24, 2.45) is 11.7 Å². The molecule has 1 fully saturated rings. The molecule has 1 rings (SSSR count). The van der Waals surface area contributed by atoms with Gasteiger partial charge in [-0.3, -0.25) is 0 Å². The van der Waals surface area contributed by atoms with Crippen molar-refractivity contribution in [2.75, 3.05) is 19.6 Å². The molecule has 1 aliphatic rings. The summed E-state index contributed by atoms with van der Waals surface area (Å²) in [4.78, 5) is 13.6. The normalized spacial score (nSPS) is 19.7. The number of nitrogens with zero attached hydrogens (tertiary/aromatic N) is 1. The summed E-state index contributed by atoms with van der Waals surface area (Å²) in [5.41, 5.74) is 4.96. The van der Waals surface area contributed by atoms with Gasteiger partial charge in [0.2, 0.25) is 0 Å². The number of carbonyl (C=O) groups is 1. The molecule has 1 atom stereocenters. The van der Waals surface area contributed by atoms with Gasteiger partial charge in [-0.05, 0) is 46.0 Å². The number of piperidine rings is 1. The van der Waals surface area contributed by atoms with E-state index in [9.17, 15) is 9.90 Å². The first-order chi connectivity index (χ1) is 8.31. The van der Waals surface area contributed by atoms with Crippen LogP contribution in [0, 0.1) is 5.92 Å². The largest absolute Gasteiger partial charge is 0.444 e. The van der Waals surface area contributed by atoms with E-state index in [2.05, 4.69) is 0 Å². The first-order valence-electron chi connectivity index (χ1n) is 6.68. The molecule has 5 heteroatoms. The Morgan fingerprint density at radius 2 is 2.00 bits per heavy atom. The van der Waals surface area contributed by atoms with E-state index in [0.717, 1.165) is 19.3 Å². The Kier molecular flexibility index (Phi) is 5.41. The zero-order valence-electron chi connectivity index (χ0n) is 11.7. The average Bonchev–Trinajstić information content (AvgIpc) is 2.27. The van der Waals surface area contributed by atoms with Gasteiger partial charge in [0.05, 0.1) is 6.10 Å². The van der Waals surface area contributed by atoms with Crippen molar-refractivity contribution in [3.05, 3.63) is 0 Å². The number of likely N-dealkylation sites (tertiary alicyclic amines) is 1. The number of hydrogen-bond acceptors (Lipinski definition) is 4. The number of amides is 1.